The lowest BCUT2D eigenvalue weighted by Gasteiger charge is -2.40. The number of carbonyl (C=O) groups excluding carboxylic acids is 1. The van der Waals surface area contributed by atoms with E-state index in [0.29, 0.717) is 5.75 Å². The maximum atomic E-state index is 12.5. The molecule has 3 rings (SSSR count). The van der Waals surface area contributed by atoms with E-state index in [2.05, 4.69) is 14.9 Å². The van der Waals surface area contributed by atoms with Crippen LogP contribution in [-0.2, 0) is 11.3 Å². The van der Waals surface area contributed by atoms with Crippen LogP contribution in [-0.4, -0.2) is 52.9 Å². The summed E-state index contributed by atoms with van der Waals surface area (Å²) in [6, 6.07) is 11.4. The molecule has 2 aromatic rings. The quantitative estimate of drug-likeness (QED) is 0.807. The molecule has 25 heavy (non-hydrogen) atoms. The predicted octanol–water partition coefficient (Wildman–Crippen LogP) is 2.20. The lowest BCUT2D eigenvalue weighted by Crippen LogP contribution is -2.47. The summed E-state index contributed by atoms with van der Waals surface area (Å²) in [5.74, 6) is 1.44. The van der Waals surface area contributed by atoms with Gasteiger partial charge in [0.1, 0.15) is 11.6 Å². The monoisotopic (exact) mass is 340 g/mol. The molecule has 0 saturated carbocycles. The Labute approximate surface area is 148 Å². The molecule has 0 N–H and O–H groups in total. The fraction of sp³-hybridized carbons (Fsp3) is 0.421. The van der Waals surface area contributed by atoms with Gasteiger partial charge in [-0.05, 0) is 45.6 Å². The molecule has 1 unspecified atom stereocenters. The van der Waals surface area contributed by atoms with Crippen LogP contribution < -0.4 is 4.74 Å². The summed E-state index contributed by atoms with van der Waals surface area (Å²) in [4.78, 5) is 25.4. The second-order valence-electron chi connectivity index (χ2n) is 6.56. The fourth-order valence-corrected chi connectivity index (χ4v) is 2.97. The van der Waals surface area contributed by atoms with Crippen LogP contribution in [0.2, 0.25) is 0 Å². The van der Waals surface area contributed by atoms with Crippen LogP contribution in [0.25, 0.3) is 0 Å². The van der Waals surface area contributed by atoms with E-state index < -0.39 is 0 Å². The van der Waals surface area contributed by atoms with Crippen molar-refractivity contribution in [3.05, 3.63) is 53.6 Å². The van der Waals surface area contributed by atoms with Gasteiger partial charge in [0.05, 0.1) is 17.4 Å². The summed E-state index contributed by atoms with van der Waals surface area (Å²) < 4.78 is 5.58. The van der Waals surface area contributed by atoms with Crippen molar-refractivity contribution in [1.29, 1.82) is 0 Å². The molecule has 0 aliphatic carbocycles. The summed E-state index contributed by atoms with van der Waals surface area (Å²) in [6.07, 6.45) is 0.926. The number of benzene rings is 1. The minimum Gasteiger partial charge on any atom is -0.484 e. The Hall–Kier alpha value is -2.47. The molecule has 132 valence electrons. The third-order valence-corrected chi connectivity index (χ3v) is 4.18. The number of aromatic nitrogens is 2. The maximum absolute atomic E-state index is 12.5. The van der Waals surface area contributed by atoms with Gasteiger partial charge in [-0.3, -0.25) is 4.79 Å². The second-order valence-corrected chi connectivity index (χ2v) is 6.56. The van der Waals surface area contributed by atoms with Crippen LogP contribution in [0.5, 0.6) is 5.75 Å². The number of nitrogens with zero attached hydrogens (tertiary/aromatic N) is 4. The van der Waals surface area contributed by atoms with Crippen molar-refractivity contribution in [3.8, 4) is 5.75 Å². The van der Waals surface area contributed by atoms with Gasteiger partial charge in [0.25, 0.3) is 5.91 Å². The molecular weight excluding hydrogens is 316 g/mol. The van der Waals surface area contributed by atoms with E-state index in [4.69, 9.17) is 4.74 Å². The highest BCUT2D eigenvalue weighted by Gasteiger charge is 2.34. The first-order valence-electron chi connectivity index (χ1n) is 8.49. The average molecular weight is 340 g/mol. The highest BCUT2D eigenvalue weighted by molar-refractivity contribution is 5.79. The van der Waals surface area contributed by atoms with Gasteiger partial charge >= 0.3 is 0 Å². The normalized spacial score (nSPS) is 16.6. The largest absolute Gasteiger partial charge is 0.484 e. The van der Waals surface area contributed by atoms with Crippen molar-refractivity contribution >= 4 is 5.91 Å². The molecule has 0 radical (unpaired) electrons. The standard InChI is InChI=1S/C19H24N4O2/c1-14-20-15(12-22(2)3)11-17(21-14)18-9-10-23(18)19(24)13-25-16-7-5-4-6-8-16/h4-8,11,18H,9-10,12-13H2,1-3H3. The van der Waals surface area contributed by atoms with Gasteiger partial charge in [-0.15, -0.1) is 0 Å². The molecule has 1 fully saturated rings. The Balaban J connectivity index is 1.65. The molecule has 2 heterocycles. The first kappa shape index (κ1) is 17.4. The van der Waals surface area contributed by atoms with E-state index in [9.17, 15) is 4.79 Å². The van der Waals surface area contributed by atoms with Gasteiger partial charge in [-0.25, -0.2) is 9.97 Å². The summed E-state index contributed by atoms with van der Waals surface area (Å²) in [5.41, 5.74) is 1.90. The van der Waals surface area contributed by atoms with Crippen LogP contribution >= 0.6 is 0 Å². The van der Waals surface area contributed by atoms with E-state index in [-0.39, 0.29) is 18.6 Å². The van der Waals surface area contributed by atoms with E-state index in [1.807, 2.05) is 62.3 Å². The van der Waals surface area contributed by atoms with Crippen LogP contribution in [0, 0.1) is 6.92 Å². The molecule has 1 aromatic heterocycles. The number of aryl methyl sites for hydroxylation is 1. The summed E-state index contributed by atoms with van der Waals surface area (Å²) in [7, 11) is 4.02. The Morgan fingerprint density at radius 2 is 2.04 bits per heavy atom. The number of para-hydroxylation sites is 1. The number of hydrogen-bond acceptors (Lipinski definition) is 5. The zero-order valence-corrected chi connectivity index (χ0v) is 15.0. The molecule has 1 amide bonds. The highest BCUT2D eigenvalue weighted by Crippen LogP contribution is 2.32. The predicted molar refractivity (Wildman–Crippen MR) is 95.2 cm³/mol. The van der Waals surface area contributed by atoms with Crippen molar-refractivity contribution in [2.75, 3.05) is 27.2 Å². The van der Waals surface area contributed by atoms with Gasteiger partial charge in [0.2, 0.25) is 0 Å². The number of hydrogen-bond donors (Lipinski definition) is 0. The average Bonchev–Trinajstić information content (AvgIpc) is 2.51. The van der Waals surface area contributed by atoms with Crippen LogP contribution in [0.3, 0.4) is 0 Å². The number of ether oxygens (including phenoxy) is 1. The molecule has 6 heteroatoms. The van der Waals surface area contributed by atoms with Crippen LogP contribution in [0.1, 0.15) is 29.7 Å². The van der Waals surface area contributed by atoms with Crippen molar-refractivity contribution in [3.63, 3.8) is 0 Å². The van der Waals surface area contributed by atoms with E-state index in [1.54, 1.807) is 0 Å². The van der Waals surface area contributed by atoms with Crippen molar-refractivity contribution in [1.82, 2.24) is 19.8 Å². The first-order chi connectivity index (χ1) is 12.0. The second kappa shape index (κ2) is 7.61. The van der Waals surface area contributed by atoms with Gasteiger partial charge in [0.15, 0.2) is 6.61 Å². The molecule has 1 atom stereocenters. The minimum absolute atomic E-state index is 0.00877. The Morgan fingerprint density at radius 1 is 1.28 bits per heavy atom. The van der Waals surface area contributed by atoms with E-state index >= 15 is 0 Å². The number of amides is 1. The topological polar surface area (TPSA) is 58.6 Å². The van der Waals surface area contributed by atoms with Crippen LogP contribution in [0.15, 0.2) is 36.4 Å². The van der Waals surface area contributed by atoms with Crippen molar-refractivity contribution in [2.45, 2.75) is 25.9 Å². The Morgan fingerprint density at radius 3 is 2.68 bits per heavy atom. The molecule has 1 aliphatic heterocycles. The first-order valence-corrected chi connectivity index (χ1v) is 8.49. The van der Waals surface area contributed by atoms with Crippen molar-refractivity contribution in [2.24, 2.45) is 0 Å². The third-order valence-electron chi connectivity index (χ3n) is 4.18. The minimum atomic E-state index is -0.00877. The Kier molecular flexibility index (Phi) is 5.28. The molecule has 0 spiro atoms. The number of carbonyl (C=O) groups is 1. The maximum Gasteiger partial charge on any atom is 0.261 e. The van der Waals surface area contributed by atoms with Gasteiger partial charge in [-0.2, -0.15) is 0 Å². The molecule has 6 nitrogen and oxygen atoms in total. The smallest absolute Gasteiger partial charge is 0.261 e. The molecule has 1 saturated heterocycles. The van der Waals surface area contributed by atoms with Crippen molar-refractivity contribution < 1.29 is 9.53 Å². The number of likely N-dealkylation sites (tertiary alicyclic amines) is 1. The molecular formula is C19H24N4O2. The lowest BCUT2D eigenvalue weighted by molar-refractivity contribution is -0.141. The number of rotatable bonds is 6. The molecule has 1 aliphatic rings. The highest BCUT2D eigenvalue weighted by atomic mass is 16.5. The van der Waals surface area contributed by atoms with Gasteiger partial charge in [-0.1, -0.05) is 18.2 Å². The third kappa shape index (κ3) is 4.33. The van der Waals surface area contributed by atoms with E-state index in [0.717, 1.165) is 36.7 Å². The lowest BCUT2D eigenvalue weighted by atomic mass is 9.98. The van der Waals surface area contributed by atoms with Gasteiger partial charge in [0, 0.05) is 13.1 Å². The summed E-state index contributed by atoms with van der Waals surface area (Å²) in [5, 5.41) is 0. The summed E-state index contributed by atoms with van der Waals surface area (Å²) in [6.45, 7) is 3.45. The summed E-state index contributed by atoms with van der Waals surface area (Å²) >= 11 is 0. The molecule has 0 bridgehead atoms. The Bertz CT molecular complexity index is 733. The zero-order valence-electron chi connectivity index (χ0n) is 15.0. The van der Waals surface area contributed by atoms with Gasteiger partial charge < -0.3 is 14.5 Å². The zero-order chi connectivity index (χ0) is 17.8. The van der Waals surface area contributed by atoms with Crippen LogP contribution in [0.4, 0.5) is 0 Å². The molecule has 1 aromatic carbocycles. The SMILES string of the molecule is Cc1nc(CN(C)C)cc(C2CCN2C(=O)COc2ccccc2)n1. The fourth-order valence-electron chi connectivity index (χ4n) is 2.97. The van der Waals surface area contributed by atoms with E-state index in [1.165, 1.54) is 0 Å².